The van der Waals surface area contributed by atoms with Crippen molar-refractivity contribution in [2.75, 3.05) is 0 Å². The first-order valence-electron chi connectivity index (χ1n) is 6.89. The van der Waals surface area contributed by atoms with Gasteiger partial charge in [-0.3, -0.25) is 9.59 Å². The largest absolute Gasteiger partial charge is 0.342 e. The first-order valence-corrected chi connectivity index (χ1v) is 6.89. The summed E-state index contributed by atoms with van der Waals surface area (Å²) in [6.07, 6.45) is 1.50. The highest BCUT2D eigenvalue weighted by atomic mass is 16.2. The highest BCUT2D eigenvalue weighted by Gasteiger charge is 2.46. The van der Waals surface area contributed by atoms with Crippen LogP contribution in [-0.2, 0) is 9.59 Å². The average Bonchev–Trinajstić information content (AvgIpc) is 2.30. The van der Waals surface area contributed by atoms with Crippen LogP contribution in [0.15, 0.2) is 0 Å². The van der Waals surface area contributed by atoms with Gasteiger partial charge in [-0.2, -0.15) is 0 Å². The van der Waals surface area contributed by atoms with Crippen molar-refractivity contribution in [3.63, 3.8) is 0 Å². The molecule has 0 radical (unpaired) electrons. The van der Waals surface area contributed by atoms with E-state index in [1.54, 1.807) is 4.90 Å². The van der Waals surface area contributed by atoms with Crippen molar-refractivity contribution in [3.05, 3.63) is 0 Å². The molecule has 1 N–H and O–H groups in total. The van der Waals surface area contributed by atoms with E-state index in [2.05, 4.69) is 12.2 Å². The third-order valence-electron chi connectivity index (χ3n) is 3.99. The van der Waals surface area contributed by atoms with Gasteiger partial charge in [-0.05, 0) is 32.6 Å². The molecule has 0 aromatic carbocycles. The first-order chi connectivity index (χ1) is 8.26. The van der Waals surface area contributed by atoms with Crippen molar-refractivity contribution < 1.29 is 9.59 Å². The number of piperazine rings is 1. The molecule has 0 spiro atoms. The SMILES string of the molecule is CCC1C(=O)NC(C(C)C)C(=O)N1C(C)(C)CC. The number of nitrogens with one attached hydrogen (secondary N) is 1. The molecule has 0 saturated carbocycles. The third-order valence-corrected chi connectivity index (χ3v) is 3.99. The molecule has 0 aromatic heterocycles. The summed E-state index contributed by atoms with van der Waals surface area (Å²) in [6, 6.07) is -0.714. The Labute approximate surface area is 110 Å². The van der Waals surface area contributed by atoms with Gasteiger partial charge in [-0.25, -0.2) is 0 Å². The number of rotatable bonds is 4. The lowest BCUT2D eigenvalue weighted by Gasteiger charge is -2.48. The lowest BCUT2D eigenvalue weighted by Crippen LogP contribution is -2.69. The van der Waals surface area contributed by atoms with E-state index in [9.17, 15) is 9.59 Å². The van der Waals surface area contributed by atoms with Crippen LogP contribution in [0.3, 0.4) is 0 Å². The molecule has 2 atom stereocenters. The minimum atomic E-state index is -0.383. The van der Waals surface area contributed by atoms with E-state index in [0.29, 0.717) is 6.42 Å². The number of carbonyl (C=O) groups is 2. The second-order valence-electron chi connectivity index (χ2n) is 6.03. The summed E-state index contributed by atoms with van der Waals surface area (Å²) in [7, 11) is 0. The van der Waals surface area contributed by atoms with Crippen molar-refractivity contribution in [1.82, 2.24) is 10.2 Å². The van der Waals surface area contributed by atoms with Gasteiger partial charge in [0, 0.05) is 5.54 Å². The number of carbonyl (C=O) groups excluding carboxylic acids is 2. The van der Waals surface area contributed by atoms with Gasteiger partial charge in [-0.1, -0.05) is 27.7 Å². The zero-order chi connectivity index (χ0) is 14.1. The van der Waals surface area contributed by atoms with Gasteiger partial charge in [0.1, 0.15) is 12.1 Å². The summed E-state index contributed by atoms with van der Waals surface area (Å²) in [5.41, 5.74) is -0.275. The van der Waals surface area contributed by atoms with Gasteiger partial charge in [0.15, 0.2) is 0 Å². The van der Waals surface area contributed by atoms with E-state index in [4.69, 9.17) is 0 Å². The van der Waals surface area contributed by atoms with Crippen LogP contribution < -0.4 is 5.32 Å². The van der Waals surface area contributed by atoms with E-state index in [-0.39, 0.29) is 35.4 Å². The molecule has 2 amide bonds. The molecule has 104 valence electrons. The lowest BCUT2D eigenvalue weighted by molar-refractivity contribution is -0.157. The average molecular weight is 254 g/mol. The molecular weight excluding hydrogens is 228 g/mol. The topological polar surface area (TPSA) is 49.4 Å². The first kappa shape index (κ1) is 15.0. The molecule has 1 saturated heterocycles. The van der Waals surface area contributed by atoms with Gasteiger partial charge in [0.2, 0.25) is 11.8 Å². The summed E-state index contributed by atoms with van der Waals surface area (Å²) in [4.78, 5) is 26.6. The van der Waals surface area contributed by atoms with Crippen molar-refractivity contribution >= 4 is 11.8 Å². The van der Waals surface area contributed by atoms with Crippen LogP contribution in [-0.4, -0.2) is 34.3 Å². The van der Waals surface area contributed by atoms with Crippen molar-refractivity contribution in [2.45, 2.75) is 72.0 Å². The van der Waals surface area contributed by atoms with Gasteiger partial charge < -0.3 is 10.2 Å². The Morgan fingerprint density at radius 1 is 1.28 bits per heavy atom. The molecule has 0 aliphatic carbocycles. The van der Waals surface area contributed by atoms with Crippen LogP contribution >= 0.6 is 0 Å². The predicted molar refractivity (Wildman–Crippen MR) is 72.1 cm³/mol. The van der Waals surface area contributed by atoms with Crippen LogP contribution in [0, 0.1) is 5.92 Å². The molecule has 1 aliphatic rings. The van der Waals surface area contributed by atoms with E-state index in [1.165, 1.54) is 0 Å². The Balaban J connectivity index is 3.14. The fraction of sp³-hybridized carbons (Fsp3) is 0.857. The fourth-order valence-corrected chi connectivity index (χ4v) is 2.44. The summed E-state index contributed by atoms with van der Waals surface area (Å²) >= 11 is 0. The molecule has 0 aromatic rings. The maximum Gasteiger partial charge on any atom is 0.246 e. The van der Waals surface area contributed by atoms with Crippen LogP contribution in [0.5, 0.6) is 0 Å². The maximum atomic E-state index is 12.6. The Kier molecular flexibility index (Phi) is 4.41. The molecule has 4 heteroatoms. The summed E-state index contributed by atoms with van der Waals surface area (Å²) in [5, 5.41) is 2.86. The molecule has 1 fully saturated rings. The van der Waals surface area contributed by atoms with E-state index < -0.39 is 0 Å². The second kappa shape index (κ2) is 5.29. The zero-order valence-electron chi connectivity index (χ0n) is 12.4. The Morgan fingerprint density at radius 2 is 1.83 bits per heavy atom. The van der Waals surface area contributed by atoms with Gasteiger partial charge in [0.25, 0.3) is 0 Å². The molecule has 18 heavy (non-hydrogen) atoms. The van der Waals surface area contributed by atoms with Crippen LogP contribution in [0.1, 0.15) is 54.4 Å². The smallest absolute Gasteiger partial charge is 0.246 e. The molecule has 1 rings (SSSR count). The zero-order valence-corrected chi connectivity index (χ0v) is 12.4. The molecule has 0 bridgehead atoms. The molecule has 4 nitrogen and oxygen atoms in total. The summed E-state index contributed by atoms with van der Waals surface area (Å²) in [6.45, 7) is 12.0. The Morgan fingerprint density at radius 3 is 2.22 bits per heavy atom. The quantitative estimate of drug-likeness (QED) is 0.833. The number of hydrogen-bond donors (Lipinski definition) is 1. The number of nitrogens with zero attached hydrogens (tertiary/aromatic N) is 1. The monoisotopic (exact) mass is 254 g/mol. The van der Waals surface area contributed by atoms with Gasteiger partial charge in [-0.15, -0.1) is 0 Å². The van der Waals surface area contributed by atoms with E-state index in [0.717, 1.165) is 6.42 Å². The molecular formula is C14H26N2O2. The van der Waals surface area contributed by atoms with Crippen LogP contribution in [0.25, 0.3) is 0 Å². The fourth-order valence-electron chi connectivity index (χ4n) is 2.44. The summed E-state index contributed by atoms with van der Waals surface area (Å²) < 4.78 is 0. The second-order valence-corrected chi connectivity index (χ2v) is 6.03. The maximum absolute atomic E-state index is 12.6. The molecule has 2 unspecified atom stereocenters. The van der Waals surface area contributed by atoms with Gasteiger partial charge >= 0.3 is 0 Å². The number of amides is 2. The van der Waals surface area contributed by atoms with E-state index >= 15 is 0 Å². The highest BCUT2D eigenvalue weighted by Crippen LogP contribution is 2.28. The standard InChI is InChI=1S/C14H26N2O2/c1-7-10-12(17)15-11(9(3)4)13(18)16(10)14(5,6)8-2/h9-11H,7-8H2,1-6H3,(H,15,17). The van der Waals surface area contributed by atoms with Crippen molar-refractivity contribution in [1.29, 1.82) is 0 Å². The lowest BCUT2D eigenvalue weighted by atomic mass is 9.89. The Hall–Kier alpha value is -1.06. The molecule has 1 heterocycles. The van der Waals surface area contributed by atoms with Crippen LogP contribution in [0.2, 0.25) is 0 Å². The van der Waals surface area contributed by atoms with Crippen molar-refractivity contribution in [3.8, 4) is 0 Å². The predicted octanol–water partition coefficient (Wildman–Crippen LogP) is 1.94. The van der Waals surface area contributed by atoms with Gasteiger partial charge in [0.05, 0.1) is 0 Å². The highest BCUT2D eigenvalue weighted by molar-refractivity contribution is 5.97. The minimum Gasteiger partial charge on any atom is -0.342 e. The van der Waals surface area contributed by atoms with Crippen molar-refractivity contribution in [2.24, 2.45) is 5.92 Å². The third kappa shape index (κ3) is 2.52. The normalized spacial score (nSPS) is 25.6. The van der Waals surface area contributed by atoms with Crippen LogP contribution in [0.4, 0.5) is 0 Å². The minimum absolute atomic E-state index is 0.0164. The molecule has 1 aliphatic heterocycles. The number of hydrogen-bond acceptors (Lipinski definition) is 2. The summed E-state index contributed by atoms with van der Waals surface area (Å²) in [5.74, 6) is 0.162. The van der Waals surface area contributed by atoms with E-state index in [1.807, 2.05) is 34.6 Å². The Bertz CT molecular complexity index is 337.